The molecule has 0 unspecified atom stereocenters. The van der Waals surface area contributed by atoms with Crippen molar-refractivity contribution < 1.29 is 13.5 Å². The average molecular weight is 293 g/mol. The molecule has 0 amide bonds. The molecule has 1 aromatic rings. The van der Waals surface area contributed by atoms with Crippen LogP contribution in [0.1, 0.15) is 37.7 Å². The summed E-state index contributed by atoms with van der Waals surface area (Å²) in [5.74, 6) is 0. The Morgan fingerprint density at radius 1 is 1.15 bits per heavy atom. The molecule has 0 radical (unpaired) electrons. The minimum atomic E-state index is -3.55. The Hall–Kier alpha value is -1.33. The maximum atomic E-state index is 12.6. The van der Waals surface area contributed by atoms with Gasteiger partial charge in [-0.25, -0.2) is 8.42 Å². The third-order valence-corrected chi connectivity index (χ3v) is 6.19. The van der Waals surface area contributed by atoms with Crippen LogP contribution in [0.5, 0.6) is 0 Å². The number of nitrogens with zero attached hydrogens (tertiary/aromatic N) is 1. The highest BCUT2D eigenvalue weighted by molar-refractivity contribution is 7.89. The van der Waals surface area contributed by atoms with Gasteiger partial charge < -0.3 is 5.11 Å². The minimum absolute atomic E-state index is 0.311. The van der Waals surface area contributed by atoms with Crippen LogP contribution in [0.15, 0.2) is 34.9 Å². The van der Waals surface area contributed by atoms with E-state index in [1.165, 1.54) is 11.4 Å². The zero-order chi connectivity index (χ0) is 14.4. The smallest absolute Gasteiger partial charge is 0.264 e. The molecule has 0 spiro atoms. The van der Waals surface area contributed by atoms with Gasteiger partial charge in [-0.1, -0.05) is 37.5 Å². The SMILES string of the molecule is CN1C(C2(O)CCCCC2)=Cc2ccccc2S1(=O)=O. The number of likely N-dealkylation sites (N-methyl/N-ethyl adjacent to an activating group) is 1. The summed E-state index contributed by atoms with van der Waals surface area (Å²) >= 11 is 0. The van der Waals surface area contributed by atoms with Crippen LogP contribution in [0.2, 0.25) is 0 Å². The highest BCUT2D eigenvalue weighted by Gasteiger charge is 2.41. The highest BCUT2D eigenvalue weighted by Crippen LogP contribution is 2.41. The van der Waals surface area contributed by atoms with Gasteiger partial charge >= 0.3 is 0 Å². The predicted molar refractivity (Wildman–Crippen MR) is 77.4 cm³/mol. The Balaban J connectivity index is 2.15. The topological polar surface area (TPSA) is 57.6 Å². The first-order valence-electron chi connectivity index (χ1n) is 6.98. The van der Waals surface area contributed by atoms with Crippen LogP contribution in [-0.4, -0.2) is 30.5 Å². The molecule has 3 rings (SSSR count). The van der Waals surface area contributed by atoms with Gasteiger partial charge in [-0.2, -0.15) is 0 Å². The van der Waals surface area contributed by atoms with Gasteiger partial charge in [-0.05, 0) is 30.5 Å². The molecule has 1 N–H and O–H groups in total. The fourth-order valence-corrected chi connectivity index (χ4v) is 4.62. The Morgan fingerprint density at radius 3 is 2.50 bits per heavy atom. The van der Waals surface area contributed by atoms with Crippen molar-refractivity contribution in [1.29, 1.82) is 0 Å². The standard InChI is InChI=1S/C15H19NO3S/c1-16-14(15(17)9-5-2-6-10-15)11-12-7-3-4-8-13(12)20(16,18)19/h3-4,7-8,11,17H,2,5-6,9-10H2,1H3. The number of hydrogen-bond donors (Lipinski definition) is 1. The molecule has 0 saturated heterocycles. The van der Waals surface area contributed by atoms with E-state index in [9.17, 15) is 13.5 Å². The first kappa shape index (κ1) is 13.6. The first-order valence-corrected chi connectivity index (χ1v) is 8.42. The van der Waals surface area contributed by atoms with E-state index >= 15 is 0 Å². The van der Waals surface area contributed by atoms with E-state index < -0.39 is 15.6 Å². The zero-order valence-electron chi connectivity index (χ0n) is 11.5. The molecule has 5 heteroatoms. The molecule has 1 aliphatic heterocycles. The summed E-state index contributed by atoms with van der Waals surface area (Å²) in [5.41, 5.74) is 0.156. The lowest BCUT2D eigenvalue weighted by Gasteiger charge is -2.40. The van der Waals surface area contributed by atoms with Gasteiger partial charge in [-0.3, -0.25) is 4.31 Å². The number of fused-ring (bicyclic) bond motifs is 1. The van der Waals surface area contributed by atoms with Crippen LogP contribution in [-0.2, 0) is 10.0 Å². The van der Waals surface area contributed by atoms with E-state index in [1.807, 2.05) is 12.1 Å². The van der Waals surface area contributed by atoms with E-state index in [2.05, 4.69) is 0 Å². The summed E-state index contributed by atoms with van der Waals surface area (Å²) in [5, 5.41) is 10.8. The van der Waals surface area contributed by atoms with Gasteiger partial charge in [0.15, 0.2) is 0 Å². The van der Waals surface area contributed by atoms with Crippen molar-refractivity contribution in [2.75, 3.05) is 7.05 Å². The Kier molecular flexibility index (Phi) is 3.14. The van der Waals surface area contributed by atoms with E-state index in [-0.39, 0.29) is 0 Å². The van der Waals surface area contributed by atoms with Gasteiger partial charge in [0.1, 0.15) is 5.60 Å². The van der Waals surface area contributed by atoms with Gasteiger partial charge in [0.2, 0.25) is 0 Å². The van der Waals surface area contributed by atoms with Gasteiger partial charge in [0, 0.05) is 7.05 Å². The van der Waals surface area contributed by atoms with E-state index in [1.54, 1.807) is 18.2 Å². The molecule has 1 fully saturated rings. The first-order chi connectivity index (χ1) is 9.45. The molecule has 1 aliphatic carbocycles. The van der Waals surface area contributed by atoms with E-state index in [4.69, 9.17) is 0 Å². The van der Waals surface area contributed by atoms with Gasteiger partial charge in [0.05, 0.1) is 10.6 Å². The number of hydrogen-bond acceptors (Lipinski definition) is 3. The zero-order valence-corrected chi connectivity index (χ0v) is 12.4. The third-order valence-electron chi connectivity index (χ3n) is 4.35. The maximum absolute atomic E-state index is 12.6. The van der Waals surface area contributed by atoms with Gasteiger partial charge in [0.25, 0.3) is 10.0 Å². The molecule has 0 atom stereocenters. The Bertz CT molecular complexity index is 657. The summed E-state index contributed by atoms with van der Waals surface area (Å²) < 4.78 is 26.4. The largest absolute Gasteiger partial charge is 0.384 e. The van der Waals surface area contributed by atoms with Crippen molar-refractivity contribution in [3.63, 3.8) is 0 Å². The number of sulfonamides is 1. The number of aliphatic hydroxyl groups is 1. The molecule has 4 nitrogen and oxygen atoms in total. The summed E-state index contributed by atoms with van der Waals surface area (Å²) in [7, 11) is -2.02. The molecule has 108 valence electrons. The average Bonchev–Trinajstić information content (AvgIpc) is 2.44. The van der Waals surface area contributed by atoms with Crippen LogP contribution in [0, 0.1) is 0 Å². The van der Waals surface area contributed by atoms with Crippen molar-refractivity contribution in [3.05, 3.63) is 35.5 Å². The second-order valence-electron chi connectivity index (χ2n) is 5.63. The molecule has 0 bridgehead atoms. The number of benzene rings is 1. The summed E-state index contributed by atoms with van der Waals surface area (Å²) in [6, 6.07) is 6.93. The summed E-state index contributed by atoms with van der Waals surface area (Å²) in [4.78, 5) is 0.311. The molecule has 2 aliphatic rings. The minimum Gasteiger partial charge on any atom is -0.384 e. The fraction of sp³-hybridized carbons (Fsp3) is 0.467. The lowest BCUT2D eigenvalue weighted by molar-refractivity contribution is 0.0262. The summed E-state index contributed by atoms with van der Waals surface area (Å²) in [6.07, 6.45) is 6.04. The summed E-state index contributed by atoms with van der Waals surface area (Å²) in [6.45, 7) is 0. The molecular weight excluding hydrogens is 274 g/mol. The van der Waals surface area contributed by atoms with Crippen LogP contribution in [0.25, 0.3) is 6.08 Å². The Morgan fingerprint density at radius 2 is 1.80 bits per heavy atom. The van der Waals surface area contributed by atoms with Crippen LogP contribution >= 0.6 is 0 Å². The molecule has 1 saturated carbocycles. The van der Waals surface area contributed by atoms with Crippen molar-refractivity contribution in [1.82, 2.24) is 4.31 Å². The molecule has 0 aromatic heterocycles. The molecule has 1 aromatic carbocycles. The van der Waals surface area contributed by atoms with Crippen LogP contribution in [0.3, 0.4) is 0 Å². The molecule has 1 heterocycles. The lowest BCUT2D eigenvalue weighted by Crippen LogP contribution is -2.44. The second kappa shape index (κ2) is 4.60. The Labute approximate surface area is 119 Å². The predicted octanol–water partition coefficient (Wildman–Crippen LogP) is 2.36. The van der Waals surface area contributed by atoms with Crippen molar-refractivity contribution >= 4 is 16.1 Å². The normalized spacial score (nSPS) is 23.9. The van der Waals surface area contributed by atoms with Crippen molar-refractivity contribution in [3.8, 4) is 0 Å². The fourth-order valence-electron chi connectivity index (χ4n) is 3.17. The van der Waals surface area contributed by atoms with Crippen molar-refractivity contribution in [2.45, 2.75) is 42.6 Å². The van der Waals surface area contributed by atoms with Gasteiger partial charge in [-0.15, -0.1) is 0 Å². The van der Waals surface area contributed by atoms with Crippen LogP contribution in [0.4, 0.5) is 0 Å². The monoisotopic (exact) mass is 293 g/mol. The van der Waals surface area contributed by atoms with Crippen LogP contribution < -0.4 is 0 Å². The lowest BCUT2D eigenvalue weighted by atomic mass is 9.81. The highest BCUT2D eigenvalue weighted by atomic mass is 32.2. The number of rotatable bonds is 1. The van der Waals surface area contributed by atoms with E-state index in [0.717, 1.165) is 19.3 Å². The maximum Gasteiger partial charge on any atom is 0.264 e. The second-order valence-corrected chi connectivity index (χ2v) is 7.57. The molecular formula is C15H19NO3S. The quantitative estimate of drug-likeness (QED) is 0.864. The van der Waals surface area contributed by atoms with Crippen molar-refractivity contribution in [2.24, 2.45) is 0 Å². The molecule has 20 heavy (non-hydrogen) atoms. The third kappa shape index (κ3) is 1.96. The van der Waals surface area contributed by atoms with E-state index in [0.29, 0.717) is 29.0 Å².